The van der Waals surface area contributed by atoms with E-state index in [4.69, 9.17) is 9.15 Å². The minimum Gasteiger partial charge on any atom is -0.484 e. The van der Waals surface area contributed by atoms with Crippen LogP contribution in [0.2, 0.25) is 0 Å². The highest BCUT2D eigenvalue weighted by Gasteiger charge is 2.10. The van der Waals surface area contributed by atoms with Gasteiger partial charge in [-0.1, -0.05) is 13.8 Å². The van der Waals surface area contributed by atoms with Gasteiger partial charge in [0.2, 0.25) is 0 Å². The van der Waals surface area contributed by atoms with E-state index >= 15 is 0 Å². The van der Waals surface area contributed by atoms with Gasteiger partial charge in [-0.3, -0.25) is 4.79 Å². The highest BCUT2D eigenvalue weighted by atomic mass is 16.5. The third-order valence-corrected chi connectivity index (χ3v) is 3.81. The van der Waals surface area contributed by atoms with Crippen LogP contribution >= 0.6 is 0 Å². The van der Waals surface area contributed by atoms with Crippen molar-refractivity contribution in [1.82, 2.24) is 9.78 Å². The number of carbonyl (C=O) groups excluding carboxylic acids is 1. The van der Waals surface area contributed by atoms with Crippen LogP contribution in [0.4, 0.5) is 5.82 Å². The standard InChI is InChI=1S/C19H21N3O4/c1-12(2)10-22-17(6-7-20-22)21-18(23)11-25-14-4-5-15-13(3)8-19(24)26-16(15)9-14/h4-9,12H,10-11H2,1-3H3,(H,21,23). The van der Waals surface area contributed by atoms with Crippen LogP contribution in [0.3, 0.4) is 0 Å². The summed E-state index contributed by atoms with van der Waals surface area (Å²) in [6.07, 6.45) is 1.65. The molecule has 0 aliphatic heterocycles. The van der Waals surface area contributed by atoms with E-state index in [9.17, 15) is 9.59 Å². The molecule has 1 aromatic carbocycles. The summed E-state index contributed by atoms with van der Waals surface area (Å²) in [4.78, 5) is 23.6. The topological polar surface area (TPSA) is 86.4 Å². The lowest BCUT2D eigenvalue weighted by molar-refractivity contribution is -0.118. The van der Waals surface area contributed by atoms with E-state index in [1.165, 1.54) is 6.07 Å². The first-order valence-electron chi connectivity index (χ1n) is 8.41. The fourth-order valence-corrected chi connectivity index (χ4v) is 2.65. The molecule has 7 heteroatoms. The number of aromatic nitrogens is 2. The van der Waals surface area contributed by atoms with Crippen molar-refractivity contribution in [2.75, 3.05) is 11.9 Å². The number of rotatable bonds is 6. The maximum atomic E-state index is 12.1. The Labute approximate surface area is 150 Å². The molecule has 2 heterocycles. The molecule has 0 aliphatic rings. The lowest BCUT2D eigenvalue weighted by atomic mass is 10.1. The number of fused-ring (bicyclic) bond motifs is 1. The van der Waals surface area contributed by atoms with Crippen molar-refractivity contribution >= 4 is 22.7 Å². The lowest BCUT2D eigenvalue weighted by Gasteiger charge is -2.11. The van der Waals surface area contributed by atoms with E-state index in [1.807, 2.05) is 6.92 Å². The maximum absolute atomic E-state index is 12.1. The Hall–Kier alpha value is -3.09. The van der Waals surface area contributed by atoms with Crippen LogP contribution in [0.25, 0.3) is 11.0 Å². The summed E-state index contributed by atoms with van der Waals surface area (Å²) < 4.78 is 12.4. The van der Waals surface area contributed by atoms with E-state index in [-0.39, 0.29) is 12.5 Å². The molecule has 0 bridgehead atoms. The molecule has 0 fully saturated rings. The van der Waals surface area contributed by atoms with Crippen LogP contribution in [0.15, 0.2) is 45.7 Å². The molecule has 2 aromatic heterocycles. The fourth-order valence-electron chi connectivity index (χ4n) is 2.65. The van der Waals surface area contributed by atoms with E-state index in [1.54, 1.807) is 35.1 Å². The Morgan fingerprint density at radius 1 is 1.31 bits per heavy atom. The predicted molar refractivity (Wildman–Crippen MR) is 98.4 cm³/mol. The average Bonchev–Trinajstić information content (AvgIpc) is 2.98. The summed E-state index contributed by atoms with van der Waals surface area (Å²) in [7, 11) is 0. The van der Waals surface area contributed by atoms with Gasteiger partial charge in [0.25, 0.3) is 5.91 Å². The van der Waals surface area contributed by atoms with Gasteiger partial charge in [-0.05, 0) is 30.5 Å². The second kappa shape index (κ2) is 7.43. The molecule has 0 radical (unpaired) electrons. The molecule has 1 amide bonds. The summed E-state index contributed by atoms with van der Waals surface area (Å²) in [5.74, 6) is 1.21. The van der Waals surface area contributed by atoms with Gasteiger partial charge >= 0.3 is 5.63 Å². The highest BCUT2D eigenvalue weighted by Crippen LogP contribution is 2.22. The molecule has 0 saturated heterocycles. The van der Waals surface area contributed by atoms with Crippen molar-refractivity contribution in [3.05, 3.63) is 52.5 Å². The van der Waals surface area contributed by atoms with Gasteiger partial charge in [-0.15, -0.1) is 0 Å². The van der Waals surface area contributed by atoms with Crippen molar-refractivity contribution < 1.29 is 13.9 Å². The second-order valence-electron chi connectivity index (χ2n) is 6.54. The molecular formula is C19H21N3O4. The number of amides is 1. The number of hydrogen-bond donors (Lipinski definition) is 1. The molecule has 3 rings (SSSR count). The van der Waals surface area contributed by atoms with Crippen molar-refractivity contribution in [2.45, 2.75) is 27.3 Å². The highest BCUT2D eigenvalue weighted by molar-refractivity contribution is 5.91. The normalized spacial score (nSPS) is 11.1. The third kappa shape index (κ3) is 4.11. The molecule has 7 nitrogen and oxygen atoms in total. The minimum absolute atomic E-state index is 0.158. The molecular weight excluding hydrogens is 334 g/mol. The van der Waals surface area contributed by atoms with Crippen LogP contribution in [-0.4, -0.2) is 22.3 Å². The van der Waals surface area contributed by atoms with Crippen molar-refractivity contribution in [3.8, 4) is 5.75 Å². The van der Waals surface area contributed by atoms with Gasteiger partial charge < -0.3 is 14.5 Å². The Morgan fingerprint density at radius 3 is 2.88 bits per heavy atom. The molecule has 0 unspecified atom stereocenters. The van der Waals surface area contributed by atoms with Crippen LogP contribution in [0, 0.1) is 12.8 Å². The summed E-state index contributed by atoms with van der Waals surface area (Å²) in [5, 5.41) is 7.81. The summed E-state index contributed by atoms with van der Waals surface area (Å²) >= 11 is 0. The number of anilines is 1. The number of nitrogens with one attached hydrogen (secondary N) is 1. The van der Waals surface area contributed by atoms with Crippen molar-refractivity contribution in [2.24, 2.45) is 5.92 Å². The van der Waals surface area contributed by atoms with Crippen LogP contribution in [0.1, 0.15) is 19.4 Å². The second-order valence-corrected chi connectivity index (χ2v) is 6.54. The monoisotopic (exact) mass is 355 g/mol. The number of nitrogens with zero attached hydrogens (tertiary/aromatic N) is 2. The zero-order valence-electron chi connectivity index (χ0n) is 15.0. The van der Waals surface area contributed by atoms with Crippen molar-refractivity contribution in [1.29, 1.82) is 0 Å². The van der Waals surface area contributed by atoms with Crippen LogP contribution in [-0.2, 0) is 11.3 Å². The molecule has 0 aliphatic carbocycles. The Balaban J connectivity index is 1.65. The quantitative estimate of drug-likeness (QED) is 0.687. The van der Waals surface area contributed by atoms with Gasteiger partial charge in [-0.25, -0.2) is 9.48 Å². The van der Waals surface area contributed by atoms with Gasteiger partial charge in [-0.2, -0.15) is 5.10 Å². The van der Waals surface area contributed by atoms with E-state index in [0.29, 0.717) is 29.6 Å². The average molecular weight is 355 g/mol. The lowest BCUT2D eigenvalue weighted by Crippen LogP contribution is -2.22. The minimum atomic E-state index is -0.414. The van der Waals surface area contributed by atoms with Gasteiger partial charge in [0.15, 0.2) is 6.61 Å². The summed E-state index contributed by atoms with van der Waals surface area (Å²) in [6, 6.07) is 8.34. The van der Waals surface area contributed by atoms with E-state index in [0.717, 1.165) is 10.9 Å². The summed E-state index contributed by atoms with van der Waals surface area (Å²) in [5.41, 5.74) is 0.852. The Morgan fingerprint density at radius 2 is 2.12 bits per heavy atom. The molecule has 136 valence electrons. The Bertz CT molecular complexity index is 988. The molecule has 0 spiro atoms. The van der Waals surface area contributed by atoms with Crippen LogP contribution < -0.4 is 15.7 Å². The zero-order chi connectivity index (χ0) is 18.7. The Kier molecular flexibility index (Phi) is 5.06. The van der Waals surface area contributed by atoms with E-state index < -0.39 is 5.63 Å². The smallest absolute Gasteiger partial charge is 0.336 e. The molecule has 0 atom stereocenters. The SMILES string of the molecule is Cc1cc(=O)oc2cc(OCC(=O)Nc3ccnn3CC(C)C)ccc12. The van der Waals surface area contributed by atoms with Crippen molar-refractivity contribution in [3.63, 3.8) is 0 Å². The zero-order valence-corrected chi connectivity index (χ0v) is 15.0. The first-order valence-corrected chi connectivity index (χ1v) is 8.41. The molecule has 1 N–H and O–H groups in total. The van der Waals surface area contributed by atoms with Gasteiger partial charge in [0, 0.05) is 30.1 Å². The van der Waals surface area contributed by atoms with E-state index in [2.05, 4.69) is 24.3 Å². The molecule has 26 heavy (non-hydrogen) atoms. The number of aryl methyl sites for hydroxylation is 1. The maximum Gasteiger partial charge on any atom is 0.336 e. The third-order valence-electron chi connectivity index (χ3n) is 3.81. The summed E-state index contributed by atoms with van der Waals surface area (Å²) in [6.45, 7) is 6.56. The first-order chi connectivity index (χ1) is 12.4. The first kappa shape index (κ1) is 17.7. The fraction of sp³-hybridized carbons (Fsp3) is 0.316. The predicted octanol–water partition coefficient (Wildman–Crippen LogP) is 2.97. The number of benzene rings is 1. The van der Waals surface area contributed by atoms with Crippen LogP contribution in [0.5, 0.6) is 5.75 Å². The molecule has 0 saturated carbocycles. The largest absolute Gasteiger partial charge is 0.484 e. The van der Waals surface area contributed by atoms with Gasteiger partial charge in [0.05, 0.1) is 6.20 Å². The number of hydrogen-bond acceptors (Lipinski definition) is 5. The number of ether oxygens (including phenoxy) is 1. The number of carbonyl (C=O) groups is 1. The molecule has 3 aromatic rings. The van der Waals surface area contributed by atoms with Gasteiger partial charge in [0.1, 0.15) is 17.2 Å².